The molecule has 1 aromatic rings. The number of ether oxygens (including phenoxy) is 2. The molecule has 0 saturated carbocycles. The fourth-order valence-electron chi connectivity index (χ4n) is 2.84. The Morgan fingerprint density at radius 2 is 1.96 bits per heavy atom. The first-order valence-electron chi connectivity index (χ1n) is 8.82. The van der Waals surface area contributed by atoms with Gasteiger partial charge < -0.3 is 34.8 Å². The van der Waals surface area contributed by atoms with Crippen LogP contribution in [0, 0.1) is 0 Å². The smallest absolute Gasteiger partial charge is 0.274 e. The summed E-state index contributed by atoms with van der Waals surface area (Å²) in [5, 5.41) is 40.9. The van der Waals surface area contributed by atoms with Gasteiger partial charge in [0.25, 0.3) is 5.91 Å². The lowest BCUT2D eigenvalue weighted by Gasteiger charge is -2.32. The van der Waals surface area contributed by atoms with E-state index in [1.165, 1.54) is 30.6 Å². The Bertz CT molecular complexity index is 577. The number of hydrogen-bond donors (Lipinski definition) is 4. The van der Waals surface area contributed by atoms with E-state index in [2.05, 4.69) is 9.97 Å². The molecule has 10 heteroatoms. The highest BCUT2D eigenvalue weighted by Gasteiger charge is 2.32. The molecule has 152 valence electrons. The van der Waals surface area contributed by atoms with Gasteiger partial charge in [-0.05, 0) is 12.8 Å². The number of carbonyl (C=O) groups is 1. The molecule has 0 unspecified atom stereocenters. The van der Waals surface area contributed by atoms with Gasteiger partial charge in [0.05, 0.1) is 25.0 Å². The van der Waals surface area contributed by atoms with Crippen LogP contribution in [0.2, 0.25) is 0 Å². The zero-order chi connectivity index (χ0) is 19.8. The molecular formula is C17H27N3O7. The van der Waals surface area contributed by atoms with Crippen molar-refractivity contribution in [2.75, 3.05) is 33.4 Å². The molecule has 1 aliphatic rings. The fraction of sp³-hybridized carbons (Fsp3) is 0.706. The molecule has 4 N–H and O–H groups in total. The number of rotatable bonds is 2. The van der Waals surface area contributed by atoms with Crippen LogP contribution in [0.15, 0.2) is 18.6 Å². The molecular weight excluding hydrogens is 358 g/mol. The Morgan fingerprint density at radius 1 is 1.19 bits per heavy atom. The minimum absolute atomic E-state index is 0.0525. The van der Waals surface area contributed by atoms with Crippen LogP contribution in [0.5, 0.6) is 0 Å². The highest BCUT2D eigenvalue weighted by atomic mass is 16.5. The van der Waals surface area contributed by atoms with Crippen molar-refractivity contribution >= 4 is 5.91 Å². The number of hydrogen-bond acceptors (Lipinski definition) is 9. The van der Waals surface area contributed by atoms with Crippen molar-refractivity contribution in [2.45, 2.75) is 43.4 Å². The van der Waals surface area contributed by atoms with Crippen LogP contribution >= 0.6 is 0 Å². The van der Waals surface area contributed by atoms with E-state index in [9.17, 15) is 25.2 Å². The third kappa shape index (κ3) is 6.16. The normalized spacial score (nSPS) is 31.4. The van der Waals surface area contributed by atoms with E-state index in [0.29, 0.717) is 6.42 Å². The van der Waals surface area contributed by atoms with Gasteiger partial charge in [-0.2, -0.15) is 0 Å². The summed E-state index contributed by atoms with van der Waals surface area (Å²) in [4.78, 5) is 21.8. The van der Waals surface area contributed by atoms with Crippen LogP contribution in [0.1, 0.15) is 23.3 Å². The Morgan fingerprint density at radius 3 is 2.63 bits per heavy atom. The third-order valence-corrected chi connectivity index (χ3v) is 4.48. The van der Waals surface area contributed by atoms with Crippen LogP contribution in [-0.4, -0.2) is 105 Å². The summed E-state index contributed by atoms with van der Waals surface area (Å²) in [7, 11) is 1.34. The summed E-state index contributed by atoms with van der Waals surface area (Å²) >= 11 is 0. The van der Waals surface area contributed by atoms with E-state index >= 15 is 0 Å². The second kappa shape index (κ2) is 10.6. The van der Waals surface area contributed by atoms with Crippen molar-refractivity contribution < 1.29 is 34.7 Å². The lowest BCUT2D eigenvalue weighted by molar-refractivity contribution is -0.105. The molecule has 1 aromatic heterocycles. The first-order valence-corrected chi connectivity index (χ1v) is 8.82. The van der Waals surface area contributed by atoms with E-state index in [0.717, 1.165) is 0 Å². The molecule has 0 aromatic carbocycles. The van der Waals surface area contributed by atoms with E-state index in [1.54, 1.807) is 0 Å². The molecule has 1 saturated heterocycles. The monoisotopic (exact) mass is 385 g/mol. The van der Waals surface area contributed by atoms with Crippen molar-refractivity contribution in [1.82, 2.24) is 14.9 Å². The van der Waals surface area contributed by atoms with Gasteiger partial charge in [-0.15, -0.1) is 0 Å². The van der Waals surface area contributed by atoms with Gasteiger partial charge in [0.2, 0.25) is 0 Å². The standard InChI is InChI=1S/C17H27N3O7/c1-26-15-9-20(17(25)11-7-18-4-5-19-11)8-13(22)12(21)3-2-6-27-10-14(23)16(15)24/h4-5,7,12-16,21-24H,2-3,6,8-10H2,1H3/t12-,13-,14-,15-,16-/m1/s1. The summed E-state index contributed by atoms with van der Waals surface area (Å²) in [6, 6.07) is 0. The van der Waals surface area contributed by atoms with Crippen LogP contribution in [0.25, 0.3) is 0 Å². The number of aliphatic hydroxyl groups is 4. The zero-order valence-corrected chi connectivity index (χ0v) is 15.2. The molecule has 1 amide bonds. The second-order valence-electron chi connectivity index (χ2n) is 6.48. The predicted octanol–water partition coefficient (Wildman–Crippen LogP) is -1.81. The first kappa shape index (κ1) is 21.6. The van der Waals surface area contributed by atoms with Crippen LogP contribution in [0.3, 0.4) is 0 Å². The fourth-order valence-corrected chi connectivity index (χ4v) is 2.84. The third-order valence-electron chi connectivity index (χ3n) is 4.48. The maximum absolute atomic E-state index is 12.8. The summed E-state index contributed by atoms with van der Waals surface area (Å²) in [6.45, 7) is -0.181. The number of nitrogens with zero attached hydrogens (tertiary/aromatic N) is 3. The van der Waals surface area contributed by atoms with Crippen molar-refractivity contribution in [3.05, 3.63) is 24.3 Å². The van der Waals surface area contributed by atoms with Gasteiger partial charge in [0.15, 0.2) is 0 Å². The Labute approximate surface area is 157 Å². The predicted molar refractivity (Wildman–Crippen MR) is 92.8 cm³/mol. The molecule has 2 heterocycles. The van der Waals surface area contributed by atoms with Gasteiger partial charge >= 0.3 is 0 Å². The SMILES string of the molecule is CO[C@@H]1CN(C(=O)c2cnccn2)C[C@@H](O)[C@H](O)CCCOC[C@@H](O)[C@H]1O. The van der Waals surface area contributed by atoms with Crippen LogP contribution in [0.4, 0.5) is 0 Å². The lowest BCUT2D eigenvalue weighted by Crippen LogP contribution is -2.51. The number of amides is 1. The van der Waals surface area contributed by atoms with Crippen molar-refractivity contribution in [3.8, 4) is 0 Å². The van der Waals surface area contributed by atoms with Crippen LogP contribution < -0.4 is 0 Å². The van der Waals surface area contributed by atoms with E-state index < -0.39 is 36.4 Å². The van der Waals surface area contributed by atoms with E-state index in [4.69, 9.17) is 9.47 Å². The van der Waals surface area contributed by atoms with E-state index in [1.807, 2.05) is 0 Å². The highest BCUT2D eigenvalue weighted by Crippen LogP contribution is 2.14. The highest BCUT2D eigenvalue weighted by molar-refractivity contribution is 5.92. The zero-order valence-electron chi connectivity index (χ0n) is 15.2. The van der Waals surface area contributed by atoms with Gasteiger partial charge in [0.1, 0.15) is 24.0 Å². The molecule has 27 heavy (non-hydrogen) atoms. The summed E-state index contributed by atoms with van der Waals surface area (Å²) in [5.74, 6) is -0.538. The largest absolute Gasteiger partial charge is 0.390 e. The lowest BCUT2D eigenvalue weighted by atomic mass is 10.1. The minimum Gasteiger partial charge on any atom is -0.390 e. The van der Waals surface area contributed by atoms with Crippen molar-refractivity contribution in [3.63, 3.8) is 0 Å². The maximum atomic E-state index is 12.8. The van der Waals surface area contributed by atoms with Crippen molar-refractivity contribution in [2.24, 2.45) is 0 Å². The molecule has 1 fully saturated rings. The van der Waals surface area contributed by atoms with Gasteiger partial charge in [-0.25, -0.2) is 4.98 Å². The maximum Gasteiger partial charge on any atom is 0.274 e. The average Bonchev–Trinajstić information content (AvgIpc) is 2.69. The molecule has 2 rings (SSSR count). The first-order chi connectivity index (χ1) is 12.9. The second-order valence-corrected chi connectivity index (χ2v) is 6.48. The summed E-state index contributed by atoms with van der Waals surface area (Å²) in [6.07, 6.45) is -0.923. The van der Waals surface area contributed by atoms with E-state index in [-0.39, 0.29) is 38.4 Å². The van der Waals surface area contributed by atoms with Crippen molar-refractivity contribution in [1.29, 1.82) is 0 Å². The average molecular weight is 385 g/mol. The quantitative estimate of drug-likeness (QED) is 0.462. The molecule has 0 aliphatic carbocycles. The molecule has 0 spiro atoms. The summed E-state index contributed by atoms with van der Waals surface area (Å²) < 4.78 is 10.5. The Balaban J connectivity index is 2.25. The van der Waals surface area contributed by atoms with Gasteiger partial charge in [-0.3, -0.25) is 9.78 Å². The molecule has 0 bridgehead atoms. The minimum atomic E-state index is -1.31. The molecule has 5 atom stereocenters. The topological polar surface area (TPSA) is 145 Å². The Kier molecular flexibility index (Phi) is 8.48. The number of aliphatic hydroxyl groups excluding tert-OH is 4. The summed E-state index contributed by atoms with van der Waals surface area (Å²) in [5.41, 5.74) is 0.0525. The van der Waals surface area contributed by atoms with Crippen LogP contribution in [-0.2, 0) is 9.47 Å². The number of methoxy groups -OCH3 is 1. The Hall–Kier alpha value is -1.69. The number of aromatic nitrogens is 2. The molecule has 1 aliphatic heterocycles. The number of carbonyl (C=O) groups excluding carboxylic acids is 1. The van der Waals surface area contributed by atoms with Gasteiger partial charge in [0, 0.05) is 39.2 Å². The van der Waals surface area contributed by atoms with Gasteiger partial charge in [-0.1, -0.05) is 0 Å². The molecule has 10 nitrogen and oxygen atoms in total. The molecule has 0 radical (unpaired) electrons. The number of β-amino-alcohol motifs (C(OH)–C–C–N with tert-alkyl or cyclic N) is 1.